The quantitative estimate of drug-likeness (QED) is 0.651. The molecule has 0 atom stereocenters. The number of hydrogen-bond acceptors (Lipinski definition) is 4. The van der Waals surface area contributed by atoms with Gasteiger partial charge in [-0.2, -0.15) is 0 Å². The van der Waals surface area contributed by atoms with Gasteiger partial charge in [0.05, 0.1) is 24.8 Å². The van der Waals surface area contributed by atoms with Crippen LogP contribution in [0.1, 0.15) is 22.8 Å². The van der Waals surface area contributed by atoms with Crippen LogP contribution in [0.3, 0.4) is 0 Å². The number of methoxy groups -OCH3 is 2. The highest BCUT2D eigenvalue weighted by atomic mass is 35.5. The monoisotopic (exact) mass is 379 g/mol. The third-order valence-electron chi connectivity index (χ3n) is 3.89. The van der Waals surface area contributed by atoms with Crippen molar-refractivity contribution < 1.29 is 14.3 Å². The van der Waals surface area contributed by atoms with Crippen LogP contribution in [0.2, 0.25) is 5.02 Å². The summed E-state index contributed by atoms with van der Waals surface area (Å²) in [6.07, 6.45) is 1.97. The Morgan fingerprint density at radius 2 is 1.84 bits per heavy atom. The van der Waals surface area contributed by atoms with Gasteiger partial charge in [-0.05, 0) is 49.1 Å². The lowest BCUT2D eigenvalue weighted by molar-refractivity contribution is 0.0752. The van der Waals surface area contributed by atoms with E-state index in [-0.39, 0.29) is 5.91 Å². The summed E-state index contributed by atoms with van der Waals surface area (Å²) in [6, 6.07) is 11.2. The molecule has 25 heavy (non-hydrogen) atoms. The molecule has 0 saturated carbocycles. The van der Waals surface area contributed by atoms with Crippen molar-refractivity contribution in [1.82, 2.24) is 4.90 Å². The van der Waals surface area contributed by atoms with Gasteiger partial charge in [0.2, 0.25) is 0 Å². The Morgan fingerprint density at radius 1 is 1.12 bits per heavy atom. The first-order chi connectivity index (χ1) is 12.0. The summed E-state index contributed by atoms with van der Waals surface area (Å²) in [4.78, 5) is 15.7. The van der Waals surface area contributed by atoms with Gasteiger partial charge in [0, 0.05) is 18.0 Å². The van der Waals surface area contributed by atoms with Crippen LogP contribution in [0, 0.1) is 0 Å². The number of halogens is 1. The fourth-order valence-corrected chi connectivity index (χ4v) is 3.13. The minimum atomic E-state index is -0.0850. The van der Waals surface area contributed by atoms with Crippen LogP contribution in [-0.4, -0.2) is 37.8 Å². The summed E-state index contributed by atoms with van der Waals surface area (Å²) < 4.78 is 10.6. The van der Waals surface area contributed by atoms with E-state index in [2.05, 4.69) is 0 Å². The molecule has 0 aromatic heterocycles. The summed E-state index contributed by atoms with van der Waals surface area (Å²) in [5.74, 6) is 1.22. The summed E-state index contributed by atoms with van der Waals surface area (Å²) in [6.45, 7) is 2.99. The molecule has 2 aromatic carbocycles. The van der Waals surface area contributed by atoms with Gasteiger partial charge in [-0.3, -0.25) is 4.79 Å². The number of benzene rings is 2. The maximum atomic E-state index is 12.9. The van der Waals surface area contributed by atoms with Crippen molar-refractivity contribution in [2.24, 2.45) is 0 Å². The highest BCUT2D eigenvalue weighted by molar-refractivity contribution is 7.98. The third-order valence-corrected chi connectivity index (χ3v) is 4.95. The van der Waals surface area contributed by atoms with E-state index in [1.807, 2.05) is 43.5 Å². The van der Waals surface area contributed by atoms with Crippen LogP contribution in [0.4, 0.5) is 0 Å². The molecule has 0 radical (unpaired) electrons. The van der Waals surface area contributed by atoms with Gasteiger partial charge in [0.15, 0.2) is 11.5 Å². The predicted molar refractivity (Wildman–Crippen MR) is 103 cm³/mol. The minimum absolute atomic E-state index is 0.0850. The smallest absolute Gasteiger partial charge is 0.255 e. The molecule has 0 saturated heterocycles. The number of ether oxygens (including phenoxy) is 2. The number of carbonyl (C=O) groups excluding carboxylic acids is 1. The Balaban J connectivity index is 2.26. The number of amides is 1. The lowest BCUT2D eigenvalue weighted by Crippen LogP contribution is -2.30. The van der Waals surface area contributed by atoms with Crippen LogP contribution in [-0.2, 0) is 6.54 Å². The molecular weight excluding hydrogens is 358 g/mol. The second-order valence-electron chi connectivity index (χ2n) is 5.35. The van der Waals surface area contributed by atoms with Crippen LogP contribution >= 0.6 is 23.4 Å². The first-order valence-corrected chi connectivity index (χ1v) is 9.48. The molecule has 4 nitrogen and oxygen atoms in total. The molecule has 0 aliphatic rings. The molecule has 0 spiro atoms. The summed E-state index contributed by atoms with van der Waals surface area (Å²) in [5.41, 5.74) is 1.49. The van der Waals surface area contributed by atoms with E-state index < -0.39 is 0 Å². The largest absolute Gasteiger partial charge is 0.493 e. The molecule has 1 amide bonds. The normalized spacial score (nSPS) is 10.4. The first kappa shape index (κ1) is 19.5. The van der Waals surface area contributed by atoms with Crippen LogP contribution in [0.15, 0.2) is 41.3 Å². The summed E-state index contributed by atoms with van der Waals surface area (Å²) in [7, 11) is 3.19. The lowest BCUT2D eigenvalue weighted by atomic mass is 10.1. The van der Waals surface area contributed by atoms with Gasteiger partial charge in [-0.25, -0.2) is 0 Å². The SMILES string of the molecule is CCN(Cc1ccc(OC)c(OC)c1)C(=O)c1cc(SC)ccc1Cl. The topological polar surface area (TPSA) is 38.8 Å². The van der Waals surface area contributed by atoms with Gasteiger partial charge in [-0.15, -0.1) is 11.8 Å². The van der Waals surface area contributed by atoms with E-state index in [0.29, 0.717) is 35.2 Å². The zero-order chi connectivity index (χ0) is 18.4. The zero-order valence-corrected chi connectivity index (χ0v) is 16.4. The van der Waals surface area contributed by atoms with Crippen molar-refractivity contribution in [3.8, 4) is 11.5 Å². The third kappa shape index (κ3) is 4.61. The van der Waals surface area contributed by atoms with Gasteiger partial charge in [0.1, 0.15) is 0 Å². The van der Waals surface area contributed by atoms with Gasteiger partial charge in [0.25, 0.3) is 5.91 Å². The summed E-state index contributed by atoms with van der Waals surface area (Å²) >= 11 is 7.83. The molecular formula is C19H22ClNO3S. The van der Waals surface area contributed by atoms with Crippen molar-refractivity contribution in [2.75, 3.05) is 27.0 Å². The molecule has 0 heterocycles. The highest BCUT2D eigenvalue weighted by Gasteiger charge is 2.18. The Hall–Kier alpha value is -1.85. The molecule has 0 N–H and O–H groups in total. The van der Waals surface area contributed by atoms with E-state index in [4.69, 9.17) is 21.1 Å². The number of hydrogen-bond donors (Lipinski definition) is 0. The van der Waals surface area contributed by atoms with Crippen LogP contribution < -0.4 is 9.47 Å². The molecule has 0 aliphatic heterocycles. The van der Waals surface area contributed by atoms with E-state index in [0.717, 1.165) is 10.5 Å². The number of nitrogens with zero attached hydrogens (tertiary/aromatic N) is 1. The van der Waals surface area contributed by atoms with Crippen molar-refractivity contribution in [3.05, 3.63) is 52.5 Å². The Morgan fingerprint density at radius 3 is 2.44 bits per heavy atom. The molecule has 2 aromatic rings. The lowest BCUT2D eigenvalue weighted by Gasteiger charge is -2.22. The first-order valence-electron chi connectivity index (χ1n) is 7.87. The molecule has 0 aliphatic carbocycles. The average Bonchev–Trinajstić information content (AvgIpc) is 2.65. The zero-order valence-electron chi connectivity index (χ0n) is 14.8. The maximum absolute atomic E-state index is 12.9. The van der Waals surface area contributed by atoms with Crippen molar-refractivity contribution in [3.63, 3.8) is 0 Å². The van der Waals surface area contributed by atoms with E-state index in [1.165, 1.54) is 0 Å². The molecule has 2 rings (SSSR count). The highest BCUT2D eigenvalue weighted by Crippen LogP contribution is 2.29. The Kier molecular flexibility index (Phi) is 7.02. The minimum Gasteiger partial charge on any atom is -0.493 e. The number of rotatable bonds is 7. The predicted octanol–water partition coefficient (Wildman–Crippen LogP) is 4.74. The average molecular weight is 380 g/mol. The standard InChI is InChI=1S/C19H22ClNO3S/c1-5-21(12-13-6-9-17(23-2)18(10-13)24-3)19(22)15-11-14(25-4)7-8-16(15)20/h6-11H,5,12H2,1-4H3. The second-order valence-corrected chi connectivity index (χ2v) is 6.64. The Labute approximate surface area is 158 Å². The summed E-state index contributed by atoms with van der Waals surface area (Å²) in [5, 5.41) is 0.466. The number of thioether (sulfide) groups is 1. The molecule has 0 unspecified atom stereocenters. The number of carbonyl (C=O) groups is 1. The van der Waals surface area contributed by atoms with Crippen molar-refractivity contribution in [2.45, 2.75) is 18.4 Å². The van der Waals surface area contributed by atoms with E-state index >= 15 is 0 Å². The van der Waals surface area contributed by atoms with Crippen LogP contribution in [0.5, 0.6) is 11.5 Å². The van der Waals surface area contributed by atoms with Crippen molar-refractivity contribution >= 4 is 29.3 Å². The molecule has 0 fully saturated rings. The van der Waals surface area contributed by atoms with Gasteiger partial charge < -0.3 is 14.4 Å². The Bertz CT molecular complexity index is 751. The maximum Gasteiger partial charge on any atom is 0.255 e. The molecule has 0 bridgehead atoms. The molecule has 6 heteroatoms. The van der Waals surface area contributed by atoms with E-state index in [1.54, 1.807) is 36.9 Å². The second kappa shape index (κ2) is 9.02. The van der Waals surface area contributed by atoms with Gasteiger partial charge in [-0.1, -0.05) is 17.7 Å². The fourth-order valence-electron chi connectivity index (χ4n) is 2.49. The van der Waals surface area contributed by atoms with Crippen molar-refractivity contribution in [1.29, 1.82) is 0 Å². The van der Waals surface area contributed by atoms with E-state index in [9.17, 15) is 4.79 Å². The fraction of sp³-hybridized carbons (Fsp3) is 0.316. The molecule has 134 valence electrons. The van der Waals surface area contributed by atoms with Gasteiger partial charge >= 0.3 is 0 Å². The van der Waals surface area contributed by atoms with Crippen LogP contribution in [0.25, 0.3) is 0 Å².